The van der Waals surface area contributed by atoms with Crippen molar-refractivity contribution in [1.29, 1.82) is 0 Å². The second-order valence-corrected chi connectivity index (χ2v) is 4.13. The zero-order chi connectivity index (χ0) is 13.0. The molecule has 0 spiro atoms. The van der Waals surface area contributed by atoms with E-state index in [-0.39, 0.29) is 5.56 Å². The summed E-state index contributed by atoms with van der Waals surface area (Å²) in [6, 6.07) is 2.90. The van der Waals surface area contributed by atoms with Gasteiger partial charge in [-0.25, -0.2) is 4.39 Å². The van der Waals surface area contributed by atoms with Crippen LogP contribution in [0.15, 0.2) is 18.2 Å². The van der Waals surface area contributed by atoms with E-state index in [1.807, 2.05) is 0 Å². The molecule has 0 radical (unpaired) electrons. The lowest BCUT2D eigenvalue weighted by molar-refractivity contribution is -0.385. The van der Waals surface area contributed by atoms with Gasteiger partial charge in [-0.1, -0.05) is 15.9 Å². The van der Waals surface area contributed by atoms with Gasteiger partial charge in [0.15, 0.2) is 0 Å². The normalized spacial score (nSPS) is 10.1. The topological polar surface area (TPSA) is 63.5 Å². The molecular weight excluding hydrogens is 295 g/mol. The highest BCUT2D eigenvalue weighted by atomic mass is 79.9. The molecule has 1 aromatic rings. The van der Waals surface area contributed by atoms with Crippen LogP contribution in [0.25, 0.3) is 0 Å². The molecule has 0 saturated heterocycles. The minimum absolute atomic E-state index is 0.111. The van der Waals surface area contributed by atoms with Gasteiger partial charge in [-0.2, -0.15) is 0 Å². The van der Waals surface area contributed by atoms with Gasteiger partial charge in [0, 0.05) is 18.9 Å². The van der Waals surface area contributed by atoms with Crippen molar-refractivity contribution in [3.05, 3.63) is 39.7 Å². The Morgan fingerprint density at radius 1 is 1.59 bits per heavy atom. The number of hydrogen-bond donors (Lipinski definition) is 0. The Morgan fingerprint density at radius 3 is 2.76 bits per heavy atom. The van der Waals surface area contributed by atoms with Gasteiger partial charge in [0.1, 0.15) is 11.4 Å². The second-order valence-electron chi connectivity index (χ2n) is 3.33. The molecular formula is C10H10BrFN2O3. The van der Waals surface area contributed by atoms with Gasteiger partial charge in [-0.3, -0.25) is 14.9 Å². The Labute approximate surface area is 105 Å². The maximum atomic E-state index is 12.9. The monoisotopic (exact) mass is 304 g/mol. The van der Waals surface area contributed by atoms with Crippen molar-refractivity contribution in [3.8, 4) is 0 Å². The van der Waals surface area contributed by atoms with Crippen molar-refractivity contribution in [3.63, 3.8) is 0 Å². The predicted octanol–water partition coefficient (Wildman–Crippen LogP) is 2.20. The molecule has 0 atom stereocenters. The Hall–Kier alpha value is -1.50. The maximum absolute atomic E-state index is 12.9. The van der Waals surface area contributed by atoms with E-state index in [1.165, 1.54) is 11.9 Å². The van der Waals surface area contributed by atoms with E-state index < -0.39 is 22.3 Å². The predicted molar refractivity (Wildman–Crippen MR) is 63.8 cm³/mol. The van der Waals surface area contributed by atoms with E-state index >= 15 is 0 Å². The Morgan fingerprint density at radius 2 is 2.24 bits per heavy atom. The second kappa shape index (κ2) is 5.72. The number of alkyl halides is 1. The number of carbonyl (C=O) groups excluding carboxylic acids is 1. The summed E-state index contributed by atoms with van der Waals surface area (Å²) in [5, 5.41) is 11.3. The minimum Gasteiger partial charge on any atom is -0.341 e. The van der Waals surface area contributed by atoms with Gasteiger partial charge in [0.2, 0.25) is 0 Å². The zero-order valence-electron chi connectivity index (χ0n) is 9.02. The van der Waals surface area contributed by atoms with Gasteiger partial charge < -0.3 is 4.90 Å². The molecule has 0 heterocycles. The largest absolute Gasteiger partial charge is 0.341 e. The first kappa shape index (κ1) is 13.6. The quantitative estimate of drug-likeness (QED) is 0.487. The molecule has 17 heavy (non-hydrogen) atoms. The molecule has 0 aliphatic carbocycles. The third-order valence-electron chi connectivity index (χ3n) is 2.15. The number of nitrogens with zero attached hydrogens (tertiary/aromatic N) is 2. The van der Waals surface area contributed by atoms with Gasteiger partial charge >= 0.3 is 0 Å². The summed E-state index contributed by atoms with van der Waals surface area (Å²) in [7, 11) is 1.52. The molecule has 0 aliphatic rings. The van der Waals surface area contributed by atoms with Crippen molar-refractivity contribution in [2.24, 2.45) is 0 Å². The molecule has 0 fully saturated rings. The average Bonchev–Trinajstić information content (AvgIpc) is 2.28. The van der Waals surface area contributed by atoms with E-state index in [0.717, 1.165) is 18.2 Å². The molecule has 5 nitrogen and oxygen atoms in total. The fourth-order valence-electron chi connectivity index (χ4n) is 1.27. The summed E-state index contributed by atoms with van der Waals surface area (Å²) in [5.41, 5.74) is -0.628. The van der Waals surface area contributed by atoms with Crippen LogP contribution in [0.2, 0.25) is 0 Å². The molecule has 92 valence electrons. The molecule has 1 amide bonds. The third kappa shape index (κ3) is 3.23. The van der Waals surface area contributed by atoms with Gasteiger partial charge in [-0.05, 0) is 12.1 Å². The smallest absolute Gasteiger partial charge is 0.285 e. The molecule has 1 aromatic carbocycles. The third-order valence-corrected chi connectivity index (χ3v) is 2.51. The number of rotatable bonds is 4. The number of halogens is 2. The first-order chi connectivity index (χ1) is 7.97. The van der Waals surface area contributed by atoms with E-state index in [9.17, 15) is 19.3 Å². The van der Waals surface area contributed by atoms with E-state index in [2.05, 4.69) is 15.9 Å². The van der Waals surface area contributed by atoms with Crippen molar-refractivity contribution in [2.75, 3.05) is 18.9 Å². The van der Waals surface area contributed by atoms with Crippen LogP contribution in [0, 0.1) is 15.9 Å². The molecule has 0 aromatic heterocycles. The van der Waals surface area contributed by atoms with Gasteiger partial charge in [0.25, 0.3) is 11.6 Å². The average molecular weight is 305 g/mol. The van der Waals surface area contributed by atoms with Crippen molar-refractivity contribution < 1.29 is 14.1 Å². The van der Waals surface area contributed by atoms with E-state index in [1.54, 1.807) is 0 Å². The molecule has 0 N–H and O–H groups in total. The maximum Gasteiger partial charge on any atom is 0.285 e. The van der Waals surface area contributed by atoms with Crippen molar-refractivity contribution in [1.82, 2.24) is 4.90 Å². The number of benzene rings is 1. The SMILES string of the molecule is CN(CCBr)C(=O)c1ccc(F)cc1[N+](=O)[O-]. The fourth-order valence-corrected chi connectivity index (χ4v) is 1.80. The first-order valence-corrected chi connectivity index (χ1v) is 5.85. The van der Waals surface area contributed by atoms with Crippen LogP contribution < -0.4 is 0 Å². The zero-order valence-corrected chi connectivity index (χ0v) is 10.6. The summed E-state index contributed by atoms with van der Waals surface area (Å²) >= 11 is 3.16. The molecule has 0 aliphatic heterocycles. The standard InChI is InChI=1S/C10H10BrFN2O3/c1-13(5-4-11)10(15)8-3-2-7(12)6-9(8)14(16)17/h2-3,6H,4-5H2,1H3. The Kier molecular flexibility index (Phi) is 4.56. The van der Waals surface area contributed by atoms with E-state index in [4.69, 9.17) is 0 Å². The molecule has 0 saturated carbocycles. The first-order valence-electron chi connectivity index (χ1n) is 4.72. The summed E-state index contributed by atoms with van der Waals surface area (Å²) in [5.74, 6) is -1.24. The minimum atomic E-state index is -0.766. The summed E-state index contributed by atoms with van der Waals surface area (Å²) in [4.78, 5) is 23.1. The number of amides is 1. The van der Waals surface area contributed by atoms with Gasteiger partial charge in [-0.15, -0.1) is 0 Å². The number of carbonyl (C=O) groups is 1. The molecule has 1 rings (SSSR count). The number of nitro groups is 1. The highest BCUT2D eigenvalue weighted by Crippen LogP contribution is 2.21. The lowest BCUT2D eigenvalue weighted by atomic mass is 10.1. The summed E-state index contributed by atoms with van der Waals surface area (Å²) in [6.07, 6.45) is 0. The highest BCUT2D eigenvalue weighted by molar-refractivity contribution is 9.09. The van der Waals surface area contributed by atoms with Crippen LogP contribution in [0.4, 0.5) is 10.1 Å². The van der Waals surface area contributed by atoms with Crippen molar-refractivity contribution >= 4 is 27.5 Å². The van der Waals surface area contributed by atoms with Crippen LogP contribution in [-0.4, -0.2) is 34.7 Å². The fraction of sp³-hybridized carbons (Fsp3) is 0.300. The van der Waals surface area contributed by atoms with Gasteiger partial charge in [0.05, 0.1) is 11.0 Å². The lowest BCUT2D eigenvalue weighted by Crippen LogP contribution is -2.29. The van der Waals surface area contributed by atoms with Crippen LogP contribution >= 0.6 is 15.9 Å². The van der Waals surface area contributed by atoms with Crippen LogP contribution in [0.5, 0.6) is 0 Å². The van der Waals surface area contributed by atoms with Crippen LogP contribution in [0.3, 0.4) is 0 Å². The number of hydrogen-bond acceptors (Lipinski definition) is 3. The lowest BCUT2D eigenvalue weighted by Gasteiger charge is -2.15. The number of nitro benzene ring substituents is 1. The molecule has 7 heteroatoms. The Bertz CT molecular complexity index is 453. The van der Waals surface area contributed by atoms with E-state index in [0.29, 0.717) is 11.9 Å². The van der Waals surface area contributed by atoms with Crippen molar-refractivity contribution in [2.45, 2.75) is 0 Å². The summed E-state index contributed by atoms with van der Waals surface area (Å²) < 4.78 is 12.9. The Balaban J connectivity index is 3.13. The summed E-state index contributed by atoms with van der Waals surface area (Å²) in [6.45, 7) is 0.410. The highest BCUT2D eigenvalue weighted by Gasteiger charge is 2.23. The molecule has 0 bridgehead atoms. The van der Waals surface area contributed by atoms with Crippen LogP contribution in [0.1, 0.15) is 10.4 Å². The van der Waals surface area contributed by atoms with Crippen LogP contribution in [-0.2, 0) is 0 Å². The molecule has 0 unspecified atom stereocenters.